The van der Waals surface area contributed by atoms with Crippen molar-refractivity contribution in [1.29, 1.82) is 0 Å². The topological polar surface area (TPSA) is 20.2 Å². The molecule has 1 unspecified atom stereocenters. The molecule has 2 aromatic rings. The van der Waals surface area contributed by atoms with Gasteiger partial charge < -0.3 is 5.11 Å². The maximum absolute atomic E-state index is 10.6. The molecule has 1 nitrogen and oxygen atoms in total. The Labute approximate surface area is 111 Å². The van der Waals surface area contributed by atoms with Crippen LogP contribution in [0.1, 0.15) is 28.5 Å². The van der Waals surface area contributed by atoms with Crippen LogP contribution in [0.25, 0.3) is 0 Å². The van der Waals surface area contributed by atoms with Crippen molar-refractivity contribution in [3.8, 4) is 0 Å². The Morgan fingerprint density at radius 2 is 1.82 bits per heavy atom. The molecule has 0 amide bonds. The number of hydrogen-bond donors (Lipinski definition) is 1. The van der Waals surface area contributed by atoms with E-state index in [1.807, 2.05) is 30.3 Å². The third-order valence-corrected chi connectivity index (χ3v) is 4.56. The van der Waals surface area contributed by atoms with Crippen LogP contribution >= 0.6 is 22.9 Å². The summed E-state index contributed by atoms with van der Waals surface area (Å²) < 4.78 is 0.698. The van der Waals surface area contributed by atoms with E-state index in [2.05, 4.69) is 13.8 Å². The summed E-state index contributed by atoms with van der Waals surface area (Å²) in [5, 5.41) is 10.6. The van der Waals surface area contributed by atoms with Crippen LogP contribution in [0.2, 0.25) is 4.34 Å². The average Bonchev–Trinajstić information content (AvgIpc) is 2.69. The van der Waals surface area contributed by atoms with E-state index in [9.17, 15) is 5.11 Å². The molecular weight excluding hydrogens is 252 g/mol. The molecule has 0 aliphatic rings. The van der Waals surface area contributed by atoms with E-state index in [1.54, 1.807) is 6.92 Å². The predicted molar refractivity (Wildman–Crippen MR) is 73.9 cm³/mol. The molecule has 2 rings (SSSR count). The van der Waals surface area contributed by atoms with Gasteiger partial charge in [0.25, 0.3) is 0 Å². The first-order chi connectivity index (χ1) is 7.91. The second kappa shape index (κ2) is 4.45. The number of rotatable bonds is 2. The van der Waals surface area contributed by atoms with Gasteiger partial charge in [-0.15, -0.1) is 11.3 Å². The summed E-state index contributed by atoms with van der Waals surface area (Å²) in [5.41, 5.74) is 2.34. The fraction of sp³-hybridized carbons (Fsp3) is 0.286. The van der Waals surface area contributed by atoms with Crippen molar-refractivity contribution in [3.63, 3.8) is 0 Å². The van der Waals surface area contributed by atoms with Crippen LogP contribution in [0, 0.1) is 13.8 Å². The maximum atomic E-state index is 10.6. The van der Waals surface area contributed by atoms with Crippen LogP contribution < -0.4 is 0 Å². The lowest BCUT2D eigenvalue weighted by Crippen LogP contribution is -2.21. The third kappa shape index (κ3) is 2.39. The lowest BCUT2D eigenvalue weighted by Gasteiger charge is -2.23. The molecule has 0 spiro atoms. The first-order valence-electron chi connectivity index (χ1n) is 5.47. The van der Waals surface area contributed by atoms with Gasteiger partial charge in [-0.3, -0.25) is 0 Å². The highest BCUT2D eigenvalue weighted by Gasteiger charge is 2.27. The molecule has 0 saturated carbocycles. The smallest absolute Gasteiger partial charge is 0.121 e. The molecule has 1 N–H and O–H groups in total. The molecule has 1 heterocycles. The molecule has 17 heavy (non-hydrogen) atoms. The van der Waals surface area contributed by atoms with Gasteiger partial charge in [-0.25, -0.2) is 0 Å². The van der Waals surface area contributed by atoms with Crippen molar-refractivity contribution in [3.05, 3.63) is 56.2 Å². The molecule has 0 aliphatic carbocycles. The Balaban J connectivity index is 2.47. The molecule has 0 bridgehead atoms. The molecule has 0 radical (unpaired) electrons. The fourth-order valence-corrected chi connectivity index (χ4v) is 2.87. The maximum Gasteiger partial charge on any atom is 0.121 e. The Hall–Kier alpha value is -0.830. The van der Waals surface area contributed by atoms with E-state index in [1.165, 1.54) is 22.5 Å². The number of benzene rings is 1. The number of thiophene rings is 1. The average molecular weight is 267 g/mol. The van der Waals surface area contributed by atoms with Gasteiger partial charge in [0.05, 0.1) is 4.34 Å². The monoisotopic (exact) mass is 266 g/mol. The molecule has 1 aromatic heterocycles. The van der Waals surface area contributed by atoms with Crippen LogP contribution in [-0.4, -0.2) is 5.11 Å². The van der Waals surface area contributed by atoms with Crippen molar-refractivity contribution in [2.24, 2.45) is 0 Å². The van der Waals surface area contributed by atoms with Gasteiger partial charge in [-0.05, 0) is 49.6 Å². The number of halogens is 1. The highest BCUT2D eigenvalue weighted by Crippen LogP contribution is 2.36. The number of aliphatic hydroxyl groups is 1. The summed E-state index contributed by atoms with van der Waals surface area (Å²) in [4.78, 5) is 0.866. The van der Waals surface area contributed by atoms with E-state index in [0.29, 0.717) is 4.34 Å². The van der Waals surface area contributed by atoms with Gasteiger partial charge in [0.1, 0.15) is 5.60 Å². The molecule has 0 fully saturated rings. The van der Waals surface area contributed by atoms with Crippen LogP contribution in [0.15, 0.2) is 30.3 Å². The zero-order valence-corrected chi connectivity index (χ0v) is 11.7. The second-order valence-electron chi connectivity index (χ2n) is 4.48. The van der Waals surface area contributed by atoms with E-state index in [4.69, 9.17) is 11.6 Å². The Bertz CT molecular complexity index is 543. The molecule has 3 heteroatoms. The van der Waals surface area contributed by atoms with Crippen LogP contribution in [0.5, 0.6) is 0 Å². The Morgan fingerprint density at radius 3 is 2.35 bits per heavy atom. The minimum atomic E-state index is -0.976. The van der Waals surface area contributed by atoms with Gasteiger partial charge in [0.15, 0.2) is 0 Å². The molecule has 0 aliphatic heterocycles. The molecule has 90 valence electrons. The number of aryl methyl sites for hydroxylation is 2. The summed E-state index contributed by atoms with van der Waals surface area (Å²) in [6, 6.07) is 9.73. The van der Waals surface area contributed by atoms with Gasteiger partial charge in [0, 0.05) is 4.88 Å². The van der Waals surface area contributed by atoms with Crippen molar-refractivity contribution < 1.29 is 5.11 Å². The lowest BCUT2D eigenvalue weighted by atomic mass is 9.92. The molecule has 1 atom stereocenters. The van der Waals surface area contributed by atoms with Crippen LogP contribution in [0.3, 0.4) is 0 Å². The van der Waals surface area contributed by atoms with Crippen molar-refractivity contribution in [1.82, 2.24) is 0 Å². The standard InChI is InChI=1S/C14H15ClOS/c1-9-4-5-11(8-10(9)2)14(3,16)12-6-7-13(15)17-12/h4-8,16H,1-3H3. The molecule has 0 saturated heterocycles. The Morgan fingerprint density at radius 1 is 1.12 bits per heavy atom. The minimum absolute atomic E-state index is 0.698. The predicted octanol–water partition coefficient (Wildman–Crippen LogP) is 4.27. The SMILES string of the molecule is Cc1ccc(C(C)(O)c2ccc(Cl)s2)cc1C. The molecular formula is C14H15ClOS. The summed E-state index contributed by atoms with van der Waals surface area (Å²) in [6.45, 7) is 5.92. The molecule has 1 aromatic carbocycles. The van der Waals surface area contributed by atoms with E-state index < -0.39 is 5.60 Å². The van der Waals surface area contributed by atoms with E-state index in [-0.39, 0.29) is 0 Å². The summed E-state index contributed by atoms with van der Waals surface area (Å²) in [6.07, 6.45) is 0. The Kier molecular flexibility index (Phi) is 3.30. The van der Waals surface area contributed by atoms with E-state index >= 15 is 0 Å². The van der Waals surface area contributed by atoms with Crippen molar-refractivity contribution >= 4 is 22.9 Å². The first kappa shape index (κ1) is 12.6. The van der Waals surface area contributed by atoms with Gasteiger partial charge in [0.2, 0.25) is 0 Å². The van der Waals surface area contributed by atoms with Crippen molar-refractivity contribution in [2.45, 2.75) is 26.4 Å². The van der Waals surface area contributed by atoms with Crippen LogP contribution in [-0.2, 0) is 5.60 Å². The highest BCUT2D eigenvalue weighted by molar-refractivity contribution is 7.16. The van der Waals surface area contributed by atoms with Gasteiger partial charge >= 0.3 is 0 Å². The third-order valence-electron chi connectivity index (χ3n) is 3.12. The van der Waals surface area contributed by atoms with Crippen molar-refractivity contribution in [2.75, 3.05) is 0 Å². The van der Waals surface area contributed by atoms with Gasteiger partial charge in [-0.2, -0.15) is 0 Å². The second-order valence-corrected chi connectivity index (χ2v) is 6.19. The lowest BCUT2D eigenvalue weighted by molar-refractivity contribution is 0.106. The summed E-state index contributed by atoms with van der Waals surface area (Å²) >= 11 is 7.33. The minimum Gasteiger partial charge on any atom is -0.380 e. The highest BCUT2D eigenvalue weighted by atomic mass is 35.5. The van der Waals surface area contributed by atoms with E-state index in [0.717, 1.165) is 10.4 Å². The van der Waals surface area contributed by atoms with Crippen LogP contribution in [0.4, 0.5) is 0 Å². The normalized spacial score (nSPS) is 14.6. The first-order valence-corrected chi connectivity index (χ1v) is 6.66. The zero-order chi connectivity index (χ0) is 12.6. The fourth-order valence-electron chi connectivity index (χ4n) is 1.76. The quantitative estimate of drug-likeness (QED) is 0.860. The largest absolute Gasteiger partial charge is 0.380 e. The summed E-state index contributed by atoms with van der Waals surface area (Å²) in [7, 11) is 0. The summed E-state index contributed by atoms with van der Waals surface area (Å²) in [5.74, 6) is 0. The zero-order valence-electron chi connectivity index (χ0n) is 10.1. The van der Waals surface area contributed by atoms with Gasteiger partial charge in [-0.1, -0.05) is 29.8 Å². The number of hydrogen-bond acceptors (Lipinski definition) is 2.